The number of methoxy groups -OCH3 is 1. The second-order valence-corrected chi connectivity index (χ2v) is 7.25. The molecule has 32 heavy (non-hydrogen) atoms. The SMILES string of the molecule is COc1cc(/C=C(\C#N)c2nnc3n2CCCCC3)ccc1OC(=O)/C=C/c1ccco1. The van der Waals surface area contributed by atoms with E-state index >= 15 is 0 Å². The van der Waals surface area contributed by atoms with E-state index in [0.29, 0.717) is 22.9 Å². The minimum absolute atomic E-state index is 0.272. The van der Waals surface area contributed by atoms with Crippen LogP contribution in [0.3, 0.4) is 0 Å². The van der Waals surface area contributed by atoms with Crippen LogP contribution in [0.15, 0.2) is 47.1 Å². The van der Waals surface area contributed by atoms with Crippen LogP contribution < -0.4 is 9.47 Å². The van der Waals surface area contributed by atoms with Gasteiger partial charge < -0.3 is 18.5 Å². The van der Waals surface area contributed by atoms with Crippen LogP contribution in [0.1, 0.15) is 42.2 Å². The van der Waals surface area contributed by atoms with Crippen LogP contribution in [0.4, 0.5) is 0 Å². The van der Waals surface area contributed by atoms with Crippen molar-refractivity contribution in [2.45, 2.75) is 32.2 Å². The molecule has 0 fully saturated rings. The average molecular weight is 430 g/mol. The summed E-state index contributed by atoms with van der Waals surface area (Å²) in [7, 11) is 1.49. The molecular weight excluding hydrogens is 408 g/mol. The lowest BCUT2D eigenvalue weighted by molar-refractivity contribution is -0.129. The number of carbonyl (C=O) groups excluding carboxylic acids is 1. The Balaban J connectivity index is 1.55. The second kappa shape index (κ2) is 9.79. The van der Waals surface area contributed by atoms with Crippen molar-refractivity contribution in [3.05, 3.63) is 65.6 Å². The molecule has 0 amide bonds. The molecule has 0 spiro atoms. The zero-order chi connectivity index (χ0) is 22.3. The van der Waals surface area contributed by atoms with Crippen molar-refractivity contribution in [3.63, 3.8) is 0 Å². The van der Waals surface area contributed by atoms with Gasteiger partial charge in [-0.05, 0) is 54.8 Å². The molecule has 0 bridgehead atoms. The summed E-state index contributed by atoms with van der Waals surface area (Å²) in [6.45, 7) is 0.806. The van der Waals surface area contributed by atoms with Crippen LogP contribution in [-0.2, 0) is 17.8 Å². The highest BCUT2D eigenvalue weighted by molar-refractivity contribution is 5.89. The zero-order valence-corrected chi connectivity index (χ0v) is 17.7. The Labute approximate surface area is 185 Å². The smallest absolute Gasteiger partial charge is 0.336 e. The number of ether oxygens (including phenoxy) is 2. The lowest BCUT2D eigenvalue weighted by atomic mass is 10.1. The van der Waals surface area contributed by atoms with E-state index in [4.69, 9.17) is 13.9 Å². The van der Waals surface area contributed by atoms with Gasteiger partial charge in [0.05, 0.1) is 18.9 Å². The Bertz CT molecular complexity index is 1200. The Morgan fingerprint density at radius 3 is 2.91 bits per heavy atom. The number of aromatic nitrogens is 3. The van der Waals surface area contributed by atoms with E-state index in [-0.39, 0.29) is 5.75 Å². The highest BCUT2D eigenvalue weighted by Gasteiger charge is 2.18. The largest absolute Gasteiger partial charge is 0.493 e. The molecule has 0 saturated carbocycles. The molecule has 1 aromatic carbocycles. The number of furan rings is 1. The van der Waals surface area contributed by atoms with Crippen molar-refractivity contribution < 1.29 is 18.7 Å². The molecule has 0 unspecified atom stereocenters. The molecule has 4 rings (SSSR count). The summed E-state index contributed by atoms with van der Waals surface area (Å²) in [4.78, 5) is 12.1. The van der Waals surface area contributed by atoms with Gasteiger partial charge in [0.15, 0.2) is 17.3 Å². The molecule has 3 aromatic rings. The molecule has 8 nitrogen and oxygen atoms in total. The maximum atomic E-state index is 12.1. The van der Waals surface area contributed by atoms with Gasteiger partial charge in [0.1, 0.15) is 17.7 Å². The number of carbonyl (C=O) groups is 1. The Morgan fingerprint density at radius 2 is 2.12 bits per heavy atom. The van der Waals surface area contributed by atoms with Gasteiger partial charge in [0.2, 0.25) is 0 Å². The molecule has 1 aliphatic rings. The summed E-state index contributed by atoms with van der Waals surface area (Å²) in [6, 6.07) is 10.8. The minimum Gasteiger partial charge on any atom is -0.493 e. The van der Waals surface area contributed by atoms with Gasteiger partial charge in [-0.1, -0.05) is 12.5 Å². The van der Waals surface area contributed by atoms with Crippen molar-refractivity contribution in [3.8, 4) is 17.6 Å². The molecule has 0 aliphatic carbocycles. The lowest BCUT2D eigenvalue weighted by Gasteiger charge is -2.09. The molecule has 8 heteroatoms. The van der Waals surface area contributed by atoms with E-state index in [9.17, 15) is 10.1 Å². The normalized spacial score (nSPS) is 13.9. The zero-order valence-electron chi connectivity index (χ0n) is 17.7. The number of rotatable bonds is 6. The van der Waals surface area contributed by atoms with Crippen molar-refractivity contribution >= 4 is 23.7 Å². The number of benzene rings is 1. The molecule has 1 aliphatic heterocycles. The molecule has 2 aromatic heterocycles. The number of hydrogen-bond acceptors (Lipinski definition) is 7. The quantitative estimate of drug-likeness (QED) is 0.249. The van der Waals surface area contributed by atoms with Gasteiger partial charge in [-0.15, -0.1) is 10.2 Å². The predicted molar refractivity (Wildman–Crippen MR) is 117 cm³/mol. The van der Waals surface area contributed by atoms with E-state index < -0.39 is 5.97 Å². The first-order valence-corrected chi connectivity index (χ1v) is 10.3. The number of hydrogen-bond donors (Lipinski definition) is 0. The van der Waals surface area contributed by atoms with Crippen molar-refractivity contribution in [1.82, 2.24) is 14.8 Å². The fourth-order valence-electron chi connectivity index (χ4n) is 3.53. The molecule has 3 heterocycles. The highest BCUT2D eigenvalue weighted by Crippen LogP contribution is 2.30. The summed E-state index contributed by atoms with van der Waals surface area (Å²) in [5.74, 6) is 2.11. The Hall–Kier alpha value is -4.12. The maximum absolute atomic E-state index is 12.1. The number of nitriles is 1. The van der Waals surface area contributed by atoms with Crippen molar-refractivity contribution in [2.75, 3.05) is 7.11 Å². The molecule has 162 valence electrons. The first-order chi connectivity index (χ1) is 15.7. The fraction of sp³-hybridized carbons (Fsp3) is 0.250. The Morgan fingerprint density at radius 1 is 1.22 bits per heavy atom. The predicted octanol–water partition coefficient (Wildman–Crippen LogP) is 4.29. The third-order valence-electron chi connectivity index (χ3n) is 5.11. The molecule has 0 radical (unpaired) electrons. The number of fused-ring (bicyclic) bond motifs is 1. The third kappa shape index (κ3) is 4.78. The number of aryl methyl sites for hydroxylation is 1. The number of allylic oxidation sites excluding steroid dienone is 1. The topological polar surface area (TPSA) is 103 Å². The molecule has 0 N–H and O–H groups in total. The first kappa shape index (κ1) is 21.1. The van der Waals surface area contributed by atoms with Crippen molar-refractivity contribution in [2.24, 2.45) is 0 Å². The summed E-state index contributed by atoms with van der Waals surface area (Å²) < 4.78 is 17.9. The first-order valence-electron chi connectivity index (χ1n) is 10.3. The van der Waals surface area contributed by atoms with Gasteiger partial charge in [0, 0.05) is 19.0 Å². The number of esters is 1. The average Bonchev–Trinajstić information content (AvgIpc) is 3.41. The maximum Gasteiger partial charge on any atom is 0.336 e. The van der Waals surface area contributed by atoms with E-state index in [1.54, 1.807) is 36.4 Å². The van der Waals surface area contributed by atoms with Crippen LogP contribution in [0.25, 0.3) is 17.7 Å². The van der Waals surface area contributed by atoms with Gasteiger partial charge in [-0.25, -0.2) is 4.79 Å². The van der Waals surface area contributed by atoms with Crippen LogP contribution >= 0.6 is 0 Å². The lowest BCUT2D eigenvalue weighted by Crippen LogP contribution is -2.05. The number of nitrogens with zero attached hydrogens (tertiary/aromatic N) is 4. The third-order valence-corrected chi connectivity index (χ3v) is 5.11. The second-order valence-electron chi connectivity index (χ2n) is 7.25. The summed E-state index contributed by atoms with van der Waals surface area (Å²) in [6.07, 6.45) is 10.2. The van der Waals surface area contributed by atoms with Gasteiger partial charge in [0.25, 0.3) is 0 Å². The summed E-state index contributed by atoms with van der Waals surface area (Å²) >= 11 is 0. The van der Waals surface area contributed by atoms with Crippen LogP contribution in [0, 0.1) is 11.3 Å². The summed E-state index contributed by atoms with van der Waals surface area (Å²) in [5.41, 5.74) is 1.13. The van der Waals surface area contributed by atoms with Crippen molar-refractivity contribution in [1.29, 1.82) is 5.26 Å². The van der Waals surface area contributed by atoms with Crippen LogP contribution in [0.2, 0.25) is 0 Å². The van der Waals surface area contributed by atoms with Gasteiger partial charge in [-0.2, -0.15) is 5.26 Å². The molecule has 0 saturated heterocycles. The highest BCUT2D eigenvalue weighted by atomic mass is 16.6. The fourth-order valence-corrected chi connectivity index (χ4v) is 3.53. The van der Waals surface area contributed by atoms with E-state index in [1.807, 2.05) is 4.57 Å². The standard InChI is InChI=1S/C24H22N4O4/c1-30-21-15-17(8-10-20(21)32-23(29)11-9-19-6-5-13-31-19)14-18(16-25)24-27-26-22-7-3-2-4-12-28(22)24/h5-6,8-11,13-15H,2-4,7,12H2,1H3/b11-9+,18-14+. The van der Waals surface area contributed by atoms with E-state index in [2.05, 4.69) is 16.3 Å². The monoisotopic (exact) mass is 430 g/mol. The van der Waals surface area contributed by atoms with E-state index in [1.165, 1.54) is 25.5 Å². The molecular formula is C24H22N4O4. The summed E-state index contributed by atoms with van der Waals surface area (Å²) in [5, 5.41) is 18.3. The van der Waals surface area contributed by atoms with Crippen LogP contribution in [-0.4, -0.2) is 27.8 Å². The van der Waals surface area contributed by atoms with Crippen LogP contribution in [0.5, 0.6) is 11.5 Å². The molecule has 0 atom stereocenters. The van der Waals surface area contributed by atoms with Gasteiger partial charge in [-0.3, -0.25) is 0 Å². The Kier molecular flexibility index (Phi) is 6.46. The minimum atomic E-state index is -0.563. The van der Waals surface area contributed by atoms with E-state index in [0.717, 1.165) is 43.6 Å². The van der Waals surface area contributed by atoms with Gasteiger partial charge >= 0.3 is 5.97 Å².